The summed E-state index contributed by atoms with van der Waals surface area (Å²) in [5.74, 6) is -0.892. The predicted molar refractivity (Wildman–Crippen MR) is 70.7 cm³/mol. The minimum atomic E-state index is -0.892. The van der Waals surface area contributed by atoms with Crippen LogP contribution in [0, 0.1) is 0 Å². The molecule has 2 nitrogen and oxygen atoms in total. The van der Waals surface area contributed by atoms with E-state index < -0.39 is 5.97 Å². The van der Waals surface area contributed by atoms with Gasteiger partial charge in [0.05, 0.1) is 5.56 Å². The number of carboxylic acid groups (broad SMARTS) is 1. The van der Waals surface area contributed by atoms with Crippen molar-refractivity contribution in [1.82, 2.24) is 0 Å². The highest BCUT2D eigenvalue weighted by Crippen LogP contribution is 2.27. The average molecular weight is 246 g/mol. The van der Waals surface area contributed by atoms with Gasteiger partial charge in [-0.2, -0.15) is 0 Å². The highest BCUT2D eigenvalue weighted by molar-refractivity contribution is 7.99. The van der Waals surface area contributed by atoms with Crippen molar-refractivity contribution >= 4 is 17.7 Å². The number of rotatable bonds is 3. The van der Waals surface area contributed by atoms with Gasteiger partial charge in [0.2, 0.25) is 0 Å². The van der Waals surface area contributed by atoms with E-state index in [1.54, 1.807) is 23.9 Å². The van der Waals surface area contributed by atoms with Crippen LogP contribution in [0.1, 0.15) is 17.8 Å². The van der Waals surface area contributed by atoms with Gasteiger partial charge in [-0.15, -0.1) is 0 Å². The van der Waals surface area contributed by atoms with Crippen molar-refractivity contribution in [3.8, 4) is 0 Å². The molecular formula is C14H14O2S. The summed E-state index contributed by atoms with van der Waals surface area (Å²) >= 11 is 1.62. The second kappa shape index (κ2) is 6.11. The van der Waals surface area contributed by atoms with Gasteiger partial charge in [0.25, 0.3) is 0 Å². The van der Waals surface area contributed by atoms with Crippen LogP contribution in [0.3, 0.4) is 0 Å². The molecule has 0 aliphatic carbocycles. The van der Waals surface area contributed by atoms with Crippen LogP contribution in [-0.4, -0.2) is 11.1 Å². The maximum absolute atomic E-state index is 10.7. The number of benzene rings is 2. The summed E-state index contributed by atoms with van der Waals surface area (Å²) < 4.78 is 0. The van der Waals surface area contributed by atoms with Gasteiger partial charge in [-0.25, -0.2) is 4.79 Å². The van der Waals surface area contributed by atoms with Crippen molar-refractivity contribution in [1.29, 1.82) is 0 Å². The Morgan fingerprint density at radius 2 is 1.41 bits per heavy atom. The molecule has 0 aliphatic rings. The largest absolute Gasteiger partial charge is 0.478 e. The Bertz CT molecular complexity index is 477. The average Bonchev–Trinajstić information content (AvgIpc) is 2.31. The Kier molecular flexibility index (Phi) is 4.79. The molecule has 0 aliphatic heterocycles. The topological polar surface area (TPSA) is 37.3 Å². The molecule has 0 spiro atoms. The van der Waals surface area contributed by atoms with Gasteiger partial charge in [-0.1, -0.05) is 37.4 Å². The number of hydrogen-bond acceptors (Lipinski definition) is 2. The van der Waals surface area contributed by atoms with E-state index in [1.165, 1.54) is 0 Å². The SMILES string of the molecule is C.O=C(O)c1ccc(Sc2ccccc2)cc1. The van der Waals surface area contributed by atoms with Gasteiger partial charge in [0, 0.05) is 9.79 Å². The van der Waals surface area contributed by atoms with Crippen molar-refractivity contribution in [2.75, 3.05) is 0 Å². The molecule has 0 atom stereocenters. The summed E-state index contributed by atoms with van der Waals surface area (Å²) in [4.78, 5) is 12.8. The lowest BCUT2D eigenvalue weighted by Gasteiger charge is -2.01. The third-order valence-electron chi connectivity index (χ3n) is 2.08. The quantitative estimate of drug-likeness (QED) is 0.883. The highest BCUT2D eigenvalue weighted by Gasteiger charge is 2.02. The van der Waals surface area contributed by atoms with E-state index in [0.29, 0.717) is 5.56 Å². The maximum atomic E-state index is 10.7. The van der Waals surface area contributed by atoms with Crippen molar-refractivity contribution in [3.63, 3.8) is 0 Å². The van der Waals surface area contributed by atoms with Crippen LogP contribution in [0.2, 0.25) is 0 Å². The Morgan fingerprint density at radius 1 is 0.882 bits per heavy atom. The third-order valence-corrected chi connectivity index (χ3v) is 3.10. The number of hydrogen-bond donors (Lipinski definition) is 1. The van der Waals surface area contributed by atoms with E-state index in [-0.39, 0.29) is 7.43 Å². The van der Waals surface area contributed by atoms with Gasteiger partial charge in [-0.3, -0.25) is 0 Å². The predicted octanol–water partition coefficient (Wildman–Crippen LogP) is 4.17. The zero-order chi connectivity index (χ0) is 11.4. The molecule has 0 heterocycles. The van der Waals surface area contributed by atoms with Crippen molar-refractivity contribution in [2.24, 2.45) is 0 Å². The fraction of sp³-hybridized carbons (Fsp3) is 0.0714. The van der Waals surface area contributed by atoms with Crippen LogP contribution in [0.25, 0.3) is 0 Å². The Balaban J connectivity index is 0.00000144. The Morgan fingerprint density at radius 3 is 1.94 bits per heavy atom. The molecular weight excluding hydrogens is 232 g/mol. The molecule has 0 saturated heterocycles. The first-order valence-corrected chi connectivity index (χ1v) is 5.63. The number of carbonyl (C=O) groups is 1. The molecule has 1 N–H and O–H groups in total. The standard InChI is InChI=1S/C13H10O2S.CH4/c14-13(15)10-6-8-12(9-7-10)16-11-4-2-1-3-5-11;/h1-9H,(H,14,15);1H4. The summed E-state index contributed by atoms with van der Waals surface area (Å²) in [5, 5.41) is 8.76. The van der Waals surface area contributed by atoms with Gasteiger partial charge >= 0.3 is 5.97 Å². The lowest BCUT2D eigenvalue weighted by Crippen LogP contribution is -1.94. The second-order valence-corrected chi connectivity index (χ2v) is 4.39. The Labute approximate surface area is 105 Å². The smallest absolute Gasteiger partial charge is 0.335 e. The van der Waals surface area contributed by atoms with Gasteiger partial charge in [0.1, 0.15) is 0 Å². The molecule has 0 saturated carbocycles. The Hall–Kier alpha value is -1.74. The maximum Gasteiger partial charge on any atom is 0.335 e. The summed E-state index contributed by atoms with van der Waals surface area (Å²) in [5.41, 5.74) is 0.317. The molecule has 88 valence electrons. The number of carboxylic acids is 1. The molecule has 2 rings (SSSR count). The first-order valence-electron chi connectivity index (χ1n) is 4.82. The zero-order valence-electron chi connectivity index (χ0n) is 8.46. The van der Waals surface area contributed by atoms with Gasteiger partial charge < -0.3 is 5.11 Å². The molecule has 0 amide bonds. The normalized spacial score (nSPS) is 9.41. The van der Waals surface area contributed by atoms with E-state index in [9.17, 15) is 4.79 Å². The van der Waals surface area contributed by atoms with E-state index in [0.717, 1.165) is 9.79 Å². The first-order chi connectivity index (χ1) is 7.75. The molecule has 0 fully saturated rings. The van der Waals surface area contributed by atoms with Crippen LogP contribution >= 0.6 is 11.8 Å². The summed E-state index contributed by atoms with van der Waals surface area (Å²) in [6, 6.07) is 16.9. The lowest BCUT2D eigenvalue weighted by atomic mass is 10.2. The van der Waals surface area contributed by atoms with Crippen LogP contribution in [0.5, 0.6) is 0 Å². The lowest BCUT2D eigenvalue weighted by molar-refractivity contribution is 0.0697. The second-order valence-electron chi connectivity index (χ2n) is 3.24. The molecule has 0 bridgehead atoms. The summed E-state index contributed by atoms with van der Waals surface area (Å²) in [6.45, 7) is 0. The van der Waals surface area contributed by atoms with Crippen molar-refractivity contribution in [2.45, 2.75) is 17.2 Å². The monoisotopic (exact) mass is 246 g/mol. The summed E-state index contributed by atoms with van der Waals surface area (Å²) in [7, 11) is 0. The van der Waals surface area contributed by atoms with Gasteiger partial charge in [0.15, 0.2) is 0 Å². The minimum absolute atomic E-state index is 0. The van der Waals surface area contributed by atoms with Crippen LogP contribution in [-0.2, 0) is 0 Å². The van der Waals surface area contributed by atoms with E-state index in [2.05, 4.69) is 0 Å². The fourth-order valence-corrected chi connectivity index (χ4v) is 2.13. The van der Waals surface area contributed by atoms with Crippen LogP contribution < -0.4 is 0 Å². The summed E-state index contributed by atoms with van der Waals surface area (Å²) in [6.07, 6.45) is 0. The molecule has 0 radical (unpaired) electrons. The zero-order valence-corrected chi connectivity index (χ0v) is 9.28. The van der Waals surface area contributed by atoms with E-state index in [4.69, 9.17) is 5.11 Å². The van der Waals surface area contributed by atoms with Crippen molar-refractivity contribution in [3.05, 3.63) is 60.2 Å². The van der Waals surface area contributed by atoms with Crippen LogP contribution in [0.4, 0.5) is 0 Å². The highest BCUT2D eigenvalue weighted by atomic mass is 32.2. The minimum Gasteiger partial charge on any atom is -0.478 e. The molecule has 2 aromatic carbocycles. The molecule has 2 aromatic rings. The van der Waals surface area contributed by atoms with E-state index in [1.807, 2.05) is 42.5 Å². The molecule has 0 unspecified atom stereocenters. The molecule has 17 heavy (non-hydrogen) atoms. The number of aromatic carboxylic acids is 1. The van der Waals surface area contributed by atoms with E-state index >= 15 is 0 Å². The third kappa shape index (κ3) is 3.64. The molecule has 0 aromatic heterocycles. The molecule has 3 heteroatoms. The van der Waals surface area contributed by atoms with Crippen LogP contribution in [0.15, 0.2) is 64.4 Å². The first kappa shape index (κ1) is 13.3. The van der Waals surface area contributed by atoms with Crippen molar-refractivity contribution < 1.29 is 9.90 Å². The van der Waals surface area contributed by atoms with Gasteiger partial charge in [-0.05, 0) is 36.4 Å². The fourth-order valence-electron chi connectivity index (χ4n) is 1.29.